The van der Waals surface area contributed by atoms with Crippen LogP contribution in [0.4, 0.5) is 0 Å². The molecule has 0 fully saturated rings. The molecule has 0 unspecified atom stereocenters. The second kappa shape index (κ2) is 6.26. The largest absolute Gasteiger partial charge is 0.454 e. The Hall–Kier alpha value is -1.88. The number of aryl methyl sites for hydroxylation is 2. The van der Waals surface area contributed by atoms with Crippen LogP contribution in [0.5, 0.6) is 0 Å². The Kier molecular flexibility index (Phi) is 4.63. The summed E-state index contributed by atoms with van der Waals surface area (Å²) in [5, 5.41) is 0. The monoisotopic (exact) mass is 349 g/mol. The van der Waals surface area contributed by atoms with E-state index in [-0.39, 0.29) is 5.56 Å². The molecule has 4 nitrogen and oxygen atoms in total. The van der Waals surface area contributed by atoms with Gasteiger partial charge in [-0.3, -0.25) is 4.79 Å². The first kappa shape index (κ1) is 15.5. The number of pyridine rings is 1. The number of nitrogens with one attached hydrogen (secondary N) is 1. The third-order valence-electron chi connectivity index (χ3n) is 3.34. The highest BCUT2D eigenvalue weighted by atomic mass is 79.9. The molecule has 0 aliphatic heterocycles. The molecular formula is C16H16BrNO3. The predicted octanol–water partition coefficient (Wildman–Crippen LogP) is 3.67. The molecule has 1 atom stereocenters. The lowest BCUT2D eigenvalue weighted by Crippen LogP contribution is -2.22. The number of esters is 1. The molecule has 0 bridgehead atoms. The smallest absolute Gasteiger partial charge is 0.344 e. The van der Waals surface area contributed by atoms with Gasteiger partial charge in [0.15, 0.2) is 0 Å². The van der Waals surface area contributed by atoms with Gasteiger partial charge in [-0.2, -0.15) is 0 Å². The molecule has 0 amide bonds. The van der Waals surface area contributed by atoms with Crippen LogP contribution in [0.2, 0.25) is 0 Å². The number of halogens is 1. The normalized spacial score (nSPS) is 12.0. The molecule has 1 aromatic heterocycles. The van der Waals surface area contributed by atoms with Crippen LogP contribution >= 0.6 is 15.9 Å². The lowest BCUT2D eigenvalue weighted by molar-refractivity contribution is 0.0334. The van der Waals surface area contributed by atoms with Gasteiger partial charge in [0.2, 0.25) is 0 Å². The number of hydrogen-bond donors (Lipinski definition) is 1. The fourth-order valence-electron chi connectivity index (χ4n) is 1.97. The second-order valence-electron chi connectivity index (χ2n) is 4.89. The number of carbonyl (C=O) groups is 1. The summed E-state index contributed by atoms with van der Waals surface area (Å²) in [6.07, 6.45) is -0.450. The van der Waals surface area contributed by atoms with Crippen molar-refractivity contribution in [3.8, 4) is 0 Å². The van der Waals surface area contributed by atoms with Crippen molar-refractivity contribution in [3.63, 3.8) is 0 Å². The van der Waals surface area contributed by atoms with Crippen LogP contribution in [0, 0.1) is 13.8 Å². The van der Waals surface area contributed by atoms with Crippen LogP contribution in [0.1, 0.15) is 40.2 Å². The lowest BCUT2D eigenvalue weighted by Gasteiger charge is -2.15. The highest BCUT2D eigenvalue weighted by Gasteiger charge is 2.18. The molecule has 0 aliphatic rings. The van der Waals surface area contributed by atoms with Gasteiger partial charge in [0.25, 0.3) is 5.56 Å². The number of aromatic nitrogens is 1. The van der Waals surface area contributed by atoms with Gasteiger partial charge in [-0.1, -0.05) is 34.1 Å². The van der Waals surface area contributed by atoms with Crippen molar-refractivity contribution in [1.29, 1.82) is 0 Å². The first-order chi connectivity index (χ1) is 9.90. The number of H-pyrrole nitrogens is 1. The number of ether oxygens (including phenoxy) is 1. The Bertz CT molecular complexity index is 737. The summed E-state index contributed by atoms with van der Waals surface area (Å²) in [6.45, 7) is 5.39. The molecule has 0 saturated heterocycles. The van der Waals surface area contributed by atoms with E-state index in [0.717, 1.165) is 21.3 Å². The standard InChI is InChI=1S/C16H16BrNO3/c1-9-8-13(15(19)18-10(9)2)16(20)21-11(3)12-6-4-5-7-14(12)17/h4-8,11H,1-3H3,(H,18,19)/t11-/m1/s1. The topological polar surface area (TPSA) is 59.2 Å². The van der Waals surface area contributed by atoms with E-state index in [2.05, 4.69) is 20.9 Å². The van der Waals surface area contributed by atoms with Crippen LogP contribution in [0.25, 0.3) is 0 Å². The van der Waals surface area contributed by atoms with E-state index in [4.69, 9.17) is 4.74 Å². The second-order valence-corrected chi connectivity index (χ2v) is 5.74. The molecule has 1 N–H and O–H groups in total. The van der Waals surface area contributed by atoms with Crippen molar-refractivity contribution in [2.24, 2.45) is 0 Å². The fraction of sp³-hybridized carbons (Fsp3) is 0.250. The van der Waals surface area contributed by atoms with Crippen molar-refractivity contribution < 1.29 is 9.53 Å². The maximum absolute atomic E-state index is 12.2. The number of aromatic amines is 1. The lowest BCUT2D eigenvalue weighted by atomic mass is 10.1. The molecule has 0 aliphatic carbocycles. The minimum Gasteiger partial charge on any atom is -0.454 e. The van der Waals surface area contributed by atoms with Gasteiger partial charge >= 0.3 is 5.97 Å². The van der Waals surface area contributed by atoms with Crippen molar-refractivity contribution in [3.05, 3.63) is 67.5 Å². The number of hydrogen-bond acceptors (Lipinski definition) is 3. The van der Waals surface area contributed by atoms with Crippen LogP contribution in [-0.2, 0) is 4.74 Å². The van der Waals surface area contributed by atoms with E-state index in [0.29, 0.717) is 0 Å². The summed E-state index contributed by atoms with van der Waals surface area (Å²) >= 11 is 3.42. The Balaban J connectivity index is 2.25. The Morgan fingerprint density at radius 1 is 1.29 bits per heavy atom. The van der Waals surface area contributed by atoms with Crippen molar-refractivity contribution in [2.45, 2.75) is 26.9 Å². The molecule has 21 heavy (non-hydrogen) atoms. The Labute approximate surface area is 131 Å². The quantitative estimate of drug-likeness (QED) is 0.860. The van der Waals surface area contributed by atoms with Gasteiger partial charge in [0.1, 0.15) is 11.7 Å². The highest BCUT2D eigenvalue weighted by molar-refractivity contribution is 9.10. The average molecular weight is 350 g/mol. The van der Waals surface area contributed by atoms with E-state index >= 15 is 0 Å². The van der Waals surface area contributed by atoms with Crippen LogP contribution in [-0.4, -0.2) is 11.0 Å². The van der Waals surface area contributed by atoms with Gasteiger partial charge in [0.05, 0.1) is 0 Å². The summed E-state index contributed by atoms with van der Waals surface area (Å²) in [4.78, 5) is 26.7. The van der Waals surface area contributed by atoms with E-state index < -0.39 is 17.6 Å². The zero-order valence-corrected chi connectivity index (χ0v) is 13.7. The summed E-state index contributed by atoms with van der Waals surface area (Å²) in [6, 6.07) is 9.06. The van der Waals surface area contributed by atoms with E-state index in [1.165, 1.54) is 0 Å². The first-order valence-corrected chi connectivity index (χ1v) is 7.35. The van der Waals surface area contributed by atoms with Crippen LogP contribution in [0.15, 0.2) is 39.6 Å². The molecular weight excluding hydrogens is 334 g/mol. The maximum Gasteiger partial charge on any atom is 0.344 e. The van der Waals surface area contributed by atoms with Crippen molar-refractivity contribution in [2.75, 3.05) is 0 Å². The fourth-order valence-corrected chi connectivity index (χ4v) is 2.58. The third kappa shape index (κ3) is 3.42. The van der Waals surface area contributed by atoms with Crippen molar-refractivity contribution >= 4 is 21.9 Å². The highest BCUT2D eigenvalue weighted by Crippen LogP contribution is 2.26. The first-order valence-electron chi connectivity index (χ1n) is 6.56. The third-order valence-corrected chi connectivity index (χ3v) is 4.07. The summed E-state index contributed by atoms with van der Waals surface area (Å²) < 4.78 is 6.25. The molecule has 1 aromatic carbocycles. The molecule has 1 heterocycles. The zero-order chi connectivity index (χ0) is 15.6. The minimum absolute atomic E-state index is 0.0250. The van der Waals surface area contributed by atoms with Gasteiger partial charge in [-0.05, 0) is 38.5 Å². The molecule has 0 saturated carbocycles. The van der Waals surface area contributed by atoms with Crippen molar-refractivity contribution in [1.82, 2.24) is 4.98 Å². The number of benzene rings is 1. The SMILES string of the molecule is Cc1cc(C(=O)O[C@H](C)c2ccccc2Br)c(=O)[nH]c1C. The molecule has 2 rings (SSSR count). The predicted molar refractivity (Wildman–Crippen MR) is 84.5 cm³/mol. The van der Waals surface area contributed by atoms with E-state index in [1.807, 2.05) is 31.2 Å². The molecule has 0 radical (unpaired) electrons. The molecule has 5 heteroatoms. The average Bonchev–Trinajstić information content (AvgIpc) is 2.43. The van der Waals surface area contributed by atoms with Gasteiger partial charge in [-0.15, -0.1) is 0 Å². The van der Waals surface area contributed by atoms with Crippen LogP contribution in [0.3, 0.4) is 0 Å². The van der Waals surface area contributed by atoms with Gasteiger partial charge in [0, 0.05) is 15.7 Å². The summed E-state index contributed by atoms with van der Waals surface area (Å²) in [5.41, 5.74) is 2.04. The molecule has 2 aromatic rings. The van der Waals surface area contributed by atoms with Gasteiger partial charge < -0.3 is 9.72 Å². The van der Waals surface area contributed by atoms with E-state index in [9.17, 15) is 9.59 Å². The Morgan fingerprint density at radius 2 is 1.95 bits per heavy atom. The minimum atomic E-state index is -0.623. The summed E-state index contributed by atoms with van der Waals surface area (Å²) in [7, 11) is 0. The van der Waals surface area contributed by atoms with Crippen LogP contribution < -0.4 is 5.56 Å². The number of rotatable bonds is 3. The maximum atomic E-state index is 12.2. The number of carbonyl (C=O) groups excluding carboxylic acids is 1. The zero-order valence-electron chi connectivity index (χ0n) is 12.1. The van der Waals surface area contributed by atoms with E-state index in [1.54, 1.807) is 19.9 Å². The summed E-state index contributed by atoms with van der Waals surface area (Å²) in [5.74, 6) is -0.623. The van der Waals surface area contributed by atoms with Gasteiger partial charge in [-0.25, -0.2) is 4.79 Å². The molecule has 0 spiro atoms. The molecule has 110 valence electrons. The Morgan fingerprint density at radius 3 is 2.62 bits per heavy atom.